The van der Waals surface area contributed by atoms with Crippen molar-refractivity contribution >= 4 is 29.0 Å². The van der Waals surface area contributed by atoms with Crippen LogP contribution in [-0.4, -0.2) is 31.1 Å². The van der Waals surface area contributed by atoms with E-state index in [9.17, 15) is 18.4 Å². The fourth-order valence-corrected chi connectivity index (χ4v) is 3.88. The van der Waals surface area contributed by atoms with Crippen molar-refractivity contribution in [3.63, 3.8) is 0 Å². The molecule has 2 aromatic rings. The second kappa shape index (κ2) is 7.79. The molecule has 0 bridgehead atoms. The van der Waals surface area contributed by atoms with Crippen LogP contribution in [0, 0.1) is 11.6 Å². The Labute approximate surface area is 152 Å². The largest absolute Gasteiger partial charge is 0.351 e. The zero-order valence-electron chi connectivity index (χ0n) is 13.8. The van der Waals surface area contributed by atoms with Gasteiger partial charge in [-0.15, -0.1) is 11.3 Å². The van der Waals surface area contributed by atoms with Crippen molar-refractivity contribution in [1.29, 1.82) is 0 Å². The quantitative estimate of drug-likeness (QED) is 0.657. The molecular weight excluding hydrogens is 362 g/mol. The molecular formula is C17H18F2N4O2S. The van der Waals surface area contributed by atoms with Crippen LogP contribution in [0.4, 0.5) is 19.3 Å². The van der Waals surface area contributed by atoms with Gasteiger partial charge in [0.25, 0.3) is 5.91 Å². The van der Waals surface area contributed by atoms with Crippen molar-refractivity contribution < 1.29 is 18.4 Å². The number of primary amides is 1. The van der Waals surface area contributed by atoms with E-state index >= 15 is 0 Å². The molecule has 1 saturated heterocycles. The minimum atomic E-state index is -0.831. The number of rotatable bonds is 4. The number of carbonyl (C=O) groups is 2. The number of hydrogen-bond acceptors (Lipinski definition) is 4. The van der Waals surface area contributed by atoms with Gasteiger partial charge in [0.2, 0.25) is 0 Å². The Bertz CT molecular complexity index is 834. The van der Waals surface area contributed by atoms with Gasteiger partial charge in [0.1, 0.15) is 16.5 Å². The van der Waals surface area contributed by atoms with Gasteiger partial charge in [-0.1, -0.05) is 0 Å². The zero-order valence-corrected chi connectivity index (χ0v) is 14.6. The van der Waals surface area contributed by atoms with E-state index in [4.69, 9.17) is 5.73 Å². The van der Waals surface area contributed by atoms with Gasteiger partial charge in [-0.2, -0.15) is 0 Å². The minimum Gasteiger partial charge on any atom is -0.351 e. The number of hydrogen-bond donors (Lipinski definition) is 4. The Morgan fingerprint density at radius 3 is 2.73 bits per heavy atom. The van der Waals surface area contributed by atoms with Crippen molar-refractivity contribution in [2.75, 3.05) is 18.4 Å². The lowest BCUT2D eigenvalue weighted by molar-refractivity contribution is 0.0935. The summed E-state index contributed by atoms with van der Waals surface area (Å²) in [5.74, 6) is -1.82. The van der Waals surface area contributed by atoms with E-state index in [1.807, 2.05) is 0 Å². The number of nitrogens with one attached hydrogen (secondary N) is 3. The van der Waals surface area contributed by atoms with E-state index in [1.165, 1.54) is 12.1 Å². The van der Waals surface area contributed by atoms with E-state index in [2.05, 4.69) is 16.0 Å². The molecule has 1 aliphatic rings. The maximum absolute atomic E-state index is 14.1. The van der Waals surface area contributed by atoms with Crippen LogP contribution in [0.25, 0.3) is 10.4 Å². The van der Waals surface area contributed by atoms with Crippen molar-refractivity contribution in [1.82, 2.24) is 10.6 Å². The van der Waals surface area contributed by atoms with Crippen molar-refractivity contribution in [2.24, 2.45) is 5.73 Å². The predicted octanol–water partition coefficient (Wildman–Crippen LogP) is 2.67. The lowest BCUT2D eigenvalue weighted by Gasteiger charge is -2.23. The highest BCUT2D eigenvalue weighted by molar-refractivity contribution is 7.18. The highest BCUT2D eigenvalue weighted by Gasteiger charge is 2.23. The lowest BCUT2D eigenvalue weighted by atomic mass is 10.1. The van der Waals surface area contributed by atoms with E-state index in [0.717, 1.165) is 42.9 Å². The summed E-state index contributed by atoms with van der Waals surface area (Å²) in [6.07, 6.45) is 1.80. The van der Waals surface area contributed by atoms with Crippen LogP contribution >= 0.6 is 11.3 Å². The Morgan fingerprint density at radius 1 is 1.27 bits per heavy atom. The fraction of sp³-hybridized carbons (Fsp3) is 0.294. The predicted molar refractivity (Wildman–Crippen MR) is 96.2 cm³/mol. The monoisotopic (exact) mass is 380 g/mol. The second-order valence-corrected chi connectivity index (χ2v) is 7.04. The highest BCUT2D eigenvalue weighted by Crippen LogP contribution is 2.36. The summed E-state index contributed by atoms with van der Waals surface area (Å²) in [6.45, 7) is 1.57. The molecule has 0 spiro atoms. The van der Waals surface area contributed by atoms with E-state index < -0.39 is 17.7 Å². The third-order valence-electron chi connectivity index (χ3n) is 4.02. The molecule has 1 atom stereocenters. The maximum Gasteiger partial charge on any atom is 0.316 e. The molecule has 1 fully saturated rings. The number of anilines is 1. The number of amides is 3. The van der Waals surface area contributed by atoms with Crippen molar-refractivity contribution in [2.45, 2.75) is 18.9 Å². The van der Waals surface area contributed by atoms with Crippen LogP contribution in [-0.2, 0) is 0 Å². The average molecular weight is 380 g/mol. The molecule has 3 amide bonds. The molecule has 5 N–H and O–H groups in total. The first kappa shape index (κ1) is 18.3. The Kier molecular flexibility index (Phi) is 5.48. The summed E-state index contributed by atoms with van der Waals surface area (Å²) >= 11 is 1.01. The number of carbonyl (C=O) groups excluding carboxylic acids is 2. The molecule has 0 aliphatic carbocycles. The molecule has 1 aromatic carbocycles. The van der Waals surface area contributed by atoms with Crippen LogP contribution in [0.15, 0.2) is 24.3 Å². The molecule has 138 valence electrons. The molecule has 0 unspecified atom stereocenters. The van der Waals surface area contributed by atoms with Crippen LogP contribution in [0.2, 0.25) is 0 Å². The van der Waals surface area contributed by atoms with Gasteiger partial charge in [0, 0.05) is 29.1 Å². The van der Waals surface area contributed by atoms with Gasteiger partial charge in [0.05, 0.1) is 5.69 Å². The number of piperidine rings is 1. The van der Waals surface area contributed by atoms with E-state index in [0.29, 0.717) is 11.4 Å². The first-order valence-corrected chi connectivity index (χ1v) is 8.93. The van der Waals surface area contributed by atoms with Crippen molar-refractivity contribution in [3.8, 4) is 10.4 Å². The summed E-state index contributed by atoms with van der Waals surface area (Å²) in [6, 6.07) is 3.79. The molecule has 0 radical (unpaired) electrons. The fourth-order valence-electron chi connectivity index (χ4n) is 2.83. The topological polar surface area (TPSA) is 96.2 Å². The zero-order chi connectivity index (χ0) is 18.7. The number of thiophene rings is 1. The highest BCUT2D eigenvalue weighted by atomic mass is 32.1. The first-order valence-electron chi connectivity index (χ1n) is 8.11. The third-order valence-corrected chi connectivity index (χ3v) is 5.19. The Hall–Kier alpha value is -2.52. The summed E-state index contributed by atoms with van der Waals surface area (Å²) < 4.78 is 27.2. The average Bonchev–Trinajstić information content (AvgIpc) is 2.98. The first-order chi connectivity index (χ1) is 12.4. The maximum atomic E-state index is 14.1. The lowest BCUT2D eigenvalue weighted by Crippen LogP contribution is -2.45. The van der Waals surface area contributed by atoms with Gasteiger partial charge in [0.15, 0.2) is 0 Å². The molecule has 2 heterocycles. The van der Waals surface area contributed by atoms with Gasteiger partial charge in [-0.3, -0.25) is 4.79 Å². The summed E-state index contributed by atoms with van der Waals surface area (Å²) in [4.78, 5) is 24.5. The van der Waals surface area contributed by atoms with Gasteiger partial charge < -0.3 is 21.7 Å². The minimum absolute atomic E-state index is 0.0224. The number of urea groups is 1. The van der Waals surface area contributed by atoms with E-state index in [-0.39, 0.29) is 28.1 Å². The Morgan fingerprint density at radius 2 is 2.08 bits per heavy atom. The van der Waals surface area contributed by atoms with Crippen LogP contribution in [0.3, 0.4) is 0 Å². The van der Waals surface area contributed by atoms with Crippen LogP contribution < -0.4 is 21.7 Å². The Balaban J connectivity index is 1.91. The molecule has 26 heavy (non-hydrogen) atoms. The number of halogens is 2. The number of nitrogens with two attached hydrogens (primary N) is 1. The van der Waals surface area contributed by atoms with Gasteiger partial charge in [-0.25, -0.2) is 13.6 Å². The van der Waals surface area contributed by atoms with Crippen molar-refractivity contribution in [3.05, 3.63) is 40.8 Å². The number of benzene rings is 1. The molecule has 0 saturated carbocycles. The third kappa shape index (κ3) is 4.17. The smallest absolute Gasteiger partial charge is 0.316 e. The second-order valence-electron chi connectivity index (χ2n) is 5.98. The van der Waals surface area contributed by atoms with E-state index in [1.54, 1.807) is 0 Å². The van der Waals surface area contributed by atoms with Crippen LogP contribution in [0.1, 0.15) is 22.5 Å². The molecule has 9 heteroatoms. The van der Waals surface area contributed by atoms with Gasteiger partial charge in [-0.05, 0) is 37.6 Å². The summed E-state index contributed by atoms with van der Waals surface area (Å²) in [5.41, 5.74) is 5.50. The molecule has 1 aliphatic heterocycles. The summed E-state index contributed by atoms with van der Waals surface area (Å²) in [7, 11) is 0. The normalized spacial score (nSPS) is 16.9. The standard InChI is InChI=1S/C17H18F2N4O2S/c18-9-3-4-11(12(19)6-9)14-7-13(23-17(20)25)15(26-14)16(24)22-10-2-1-5-21-8-10/h3-4,6-7,10,21H,1-2,5,8H2,(H,22,24)(H3,20,23,25)/t10-/m1/s1. The SMILES string of the molecule is NC(=O)Nc1cc(-c2ccc(F)cc2F)sc1C(=O)N[C@@H]1CCCNC1. The van der Waals surface area contributed by atoms with Gasteiger partial charge >= 0.3 is 6.03 Å². The summed E-state index contributed by atoms with van der Waals surface area (Å²) in [5, 5.41) is 8.49. The van der Waals surface area contributed by atoms with Crippen LogP contribution in [0.5, 0.6) is 0 Å². The molecule has 1 aromatic heterocycles. The molecule has 3 rings (SSSR count). The molecule has 6 nitrogen and oxygen atoms in total.